The number of nitrogens with one attached hydrogen (secondary N) is 1. The van der Waals surface area contributed by atoms with Gasteiger partial charge in [-0.2, -0.15) is 0 Å². The molecule has 0 heterocycles. The molecule has 0 saturated carbocycles. The number of anilines is 1. The Morgan fingerprint density at radius 2 is 1.70 bits per heavy atom. The van der Waals surface area contributed by atoms with Gasteiger partial charge in [-0.1, -0.05) is 58.4 Å². The molecule has 3 aromatic rings. The third-order valence-corrected chi connectivity index (χ3v) is 5.24. The molecule has 0 spiro atoms. The zero-order valence-corrected chi connectivity index (χ0v) is 17.2. The van der Waals surface area contributed by atoms with Gasteiger partial charge in [0.25, 0.3) is 0 Å². The molecule has 1 aliphatic rings. The molecule has 4 rings (SSSR count). The van der Waals surface area contributed by atoms with E-state index < -0.39 is 11.6 Å². The van der Waals surface area contributed by atoms with Crippen molar-refractivity contribution in [3.05, 3.63) is 88.5 Å². The molecular weight excluding hydrogens is 450 g/mol. The summed E-state index contributed by atoms with van der Waals surface area (Å²) in [6.07, 6.45) is 0. The van der Waals surface area contributed by atoms with Crippen molar-refractivity contribution < 1.29 is 24.2 Å². The third-order valence-electron chi connectivity index (χ3n) is 4.73. The molecule has 0 aliphatic heterocycles. The van der Waals surface area contributed by atoms with Crippen LogP contribution in [0.5, 0.6) is 11.5 Å². The largest absolute Gasteiger partial charge is 0.507 e. The number of aromatic hydroxyl groups is 1. The number of amides is 1. The number of carbonyl (C=O) groups is 3. The zero-order chi connectivity index (χ0) is 21.3. The first-order chi connectivity index (χ1) is 14.5. The standard InChI is InChI=1S/C23H16BrNO5/c24-11-19(27)25-14-9-16-20(17(26)10-14)23(29)21-15(22(16)28)7-4-8-18(21)30-12-13-5-2-1-3-6-13/h1-10,26H,11-12H2,(H,25,27). The van der Waals surface area contributed by atoms with Crippen LogP contribution in [-0.2, 0) is 11.4 Å². The molecule has 0 saturated heterocycles. The Bertz CT molecular complexity index is 1170. The number of phenols is 1. The van der Waals surface area contributed by atoms with Gasteiger partial charge >= 0.3 is 0 Å². The first-order valence-corrected chi connectivity index (χ1v) is 10.2. The van der Waals surface area contributed by atoms with Gasteiger partial charge in [0.2, 0.25) is 11.7 Å². The molecule has 0 bridgehead atoms. The van der Waals surface area contributed by atoms with Gasteiger partial charge in [0.05, 0.1) is 16.5 Å². The summed E-state index contributed by atoms with van der Waals surface area (Å²) in [4.78, 5) is 37.9. The number of hydrogen-bond acceptors (Lipinski definition) is 5. The van der Waals surface area contributed by atoms with Gasteiger partial charge in [-0.25, -0.2) is 0 Å². The van der Waals surface area contributed by atoms with E-state index in [1.54, 1.807) is 18.2 Å². The zero-order valence-electron chi connectivity index (χ0n) is 15.6. The van der Waals surface area contributed by atoms with Crippen molar-refractivity contribution in [2.75, 3.05) is 10.6 Å². The van der Waals surface area contributed by atoms with Crippen LogP contribution in [0.25, 0.3) is 0 Å². The highest BCUT2D eigenvalue weighted by Gasteiger charge is 2.35. The van der Waals surface area contributed by atoms with Crippen LogP contribution in [-0.4, -0.2) is 27.9 Å². The molecule has 0 aromatic heterocycles. The summed E-state index contributed by atoms with van der Waals surface area (Å²) in [6.45, 7) is 0.231. The molecule has 7 heteroatoms. The van der Waals surface area contributed by atoms with Gasteiger partial charge in [-0.3, -0.25) is 14.4 Å². The molecule has 30 heavy (non-hydrogen) atoms. The summed E-state index contributed by atoms with van der Waals surface area (Å²) < 4.78 is 5.84. The second kappa shape index (κ2) is 8.12. The fourth-order valence-electron chi connectivity index (χ4n) is 3.39. The van der Waals surface area contributed by atoms with E-state index in [1.165, 1.54) is 12.1 Å². The Labute approximate surface area is 180 Å². The van der Waals surface area contributed by atoms with Crippen molar-refractivity contribution in [1.29, 1.82) is 0 Å². The summed E-state index contributed by atoms with van der Waals surface area (Å²) in [7, 11) is 0. The highest BCUT2D eigenvalue weighted by atomic mass is 79.9. The van der Waals surface area contributed by atoms with Crippen molar-refractivity contribution in [2.45, 2.75) is 6.61 Å². The second-order valence-corrected chi connectivity index (χ2v) is 7.27. The van der Waals surface area contributed by atoms with Crippen molar-refractivity contribution in [1.82, 2.24) is 0 Å². The predicted molar refractivity (Wildman–Crippen MR) is 115 cm³/mol. The van der Waals surface area contributed by atoms with Gasteiger partial charge in [0, 0.05) is 22.9 Å². The summed E-state index contributed by atoms with van der Waals surface area (Å²) in [6, 6.07) is 16.9. The molecule has 2 N–H and O–H groups in total. The van der Waals surface area contributed by atoms with Crippen LogP contribution in [0.15, 0.2) is 60.7 Å². The van der Waals surface area contributed by atoms with Crippen LogP contribution >= 0.6 is 15.9 Å². The molecule has 6 nitrogen and oxygen atoms in total. The number of fused-ring (bicyclic) bond motifs is 2. The van der Waals surface area contributed by atoms with E-state index in [0.717, 1.165) is 5.56 Å². The minimum absolute atomic E-state index is 0.0394. The molecular formula is C23H16BrNO5. The van der Waals surface area contributed by atoms with Gasteiger partial charge in [0.1, 0.15) is 18.1 Å². The lowest BCUT2D eigenvalue weighted by molar-refractivity contribution is -0.113. The van der Waals surface area contributed by atoms with Crippen molar-refractivity contribution in [3.63, 3.8) is 0 Å². The van der Waals surface area contributed by atoms with E-state index in [2.05, 4.69) is 21.2 Å². The van der Waals surface area contributed by atoms with Crippen LogP contribution in [0.1, 0.15) is 37.4 Å². The lowest BCUT2D eigenvalue weighted by atomic mass is 9.83. The SMILES string of the molecule is O=C(CBr)Nc1cc(O)c2c(c1)C(=O)c1cccc(OCc3ccccc3)c1C2=O. The summed E-state index contributed by atoms with van der Waals surface area (Å²) in [5.41, 5.74) is 1.41. The Morgan fingerprint density at radius 1 is 0.933 bits per heavy atom. The normalized spacial score (nSPS) is 12.2. The number of ketones is 2. The quantitative estimate of drug-likeness (QED) is 0.433. The van der Waals surface area contributed by atoms with Gasteiger partial charge in [0.15, 0.2) is 5.78 Å². The van der Waals surface area contributed by atoms with Crippen LogP contribution in [0, 0.1) is 0 Å². The Kier molecular flexibility index (Phi) is 5.37. The Morgan fingerprint density at radius 3 is 2.43 bits per heavy atom. The van der Waals surface area contributed by atoms with Crippen molar-refractivity contribution in [3.8, 4) is 11.5 Å². The first kappa shape index (κ1) is 19.8. The Hall–Kier alpha value is -3.45. The van der Waals surface area contributed by atoms with E-state index in [4.69, 9.17) is 4.74 Å². The molecule has 0 atom stereocenters. The lowest BCUT2D eigenvalue weighted by Crippen LogP contribution is -2.23. The number of carbonyl (C=O) groups excluding carboxylic acids is 3. The van der Waals surface area contributed by atoms with E-state index in [1.807, 2.05) is 30.3 Å². The Balaban J connectivity index is 1.73. The number of halogens is 1. The monoisotopic (exact) mass is 465 g/mol. The van der Waals surface area contributed by atoms with Crippen LogP contribution in [0.4, 0.5) is 5.69 Å². The topological polar surface area (TPSA) is 92.7 Å². The van der Waals surface area contributed by atoms with Gasteiger partial charge in [-0.05, 0) is 17.7 Å². The number of rotatable bonds is 5. The minimum atomic E-state index is -0.501. The predicted octanol–water partition coefficient (Wildman–Crippen LogP) is 4.08. The number of hydrogen-bond donors (Lipinski definition) is 2. The molecule has 3 aromatic carbocycles. The number of benzene rings is 3. The third kappa shape index (κ3) is 3.59. The number of ether oxygens (including phenoxy) is 1. The van der Waals surface area contributed by atoms with Crippen LogP contribution in [0.2, 0.25) is 0 Å². The highest BCUT2D eigenvalue weighted by molar-refractivity contribution is 9.09. The lowest BCUT2D eigenvalue weighted by Gasteiger charge is -2.22. The minimum Gasteiger partial charge on any atom is -0.507 e. The average molecular weight is 466 g/mol. The van der Waals surface area contributed by atoms with Crippen molar-refractivity contribution in [2.24, 2.45) is 0 Å². The van der Waals surface area contributed by atoms with Gasteiger partial charge < -0.3 is 15.2 Å². The van der Waals surface area contributed by atoms with Crippen LogP contribution < -0.4 is 10.1 Å². The molecule has 1 amide bonds. The van der Waals surface area contributed by atoms with E-state index in [-0.39, 0.29) is 57.3 Å². The maximum absolute atomic E-state index is 13.2. The fraction of sp³-hybridized carbons (Fsp3) is 0.0870. The van der Waals surface area contributed by atoms with Crippen molar-refractivity contribution >= 4 is 39.1 Å². The van der Waals surface area contributed by atoms with Crippen LogP contribution in [0.3, 0.4) is 0 Å². The summed E-state index contributed by atoms with van der Waals surface area (Å²) in [5, 5.41) is 13.1. The molecule has 0 fully saturated rings. The van der Waals surface area contributed by atoms with Gasteiger partial charge in [-0.15, -0.1) is 0 Å². The molecule has 0 unspecified atom stereocenters. The molecule has 150 valence electrons. The first-order valence-electron chi connectivity index (χ1n) is 9.11. The second-order valence-electron chi connectivity index (χ2n) is 6.71. The average Bonchev–Trinajstić information content (AvgIpc) is 2.76. The van der Waals surface area contributed by atoms with E-state index >= 15 is 0 Å². The fourth-order valence-corrected chi connectivity index (χ4v) is 3.53. The molecule has 0 radical (unpaired) electrons. The maximum atomic E-state index is 13.2. The highest BCUT2D eigenvalue weighted by Crippen LogP contribution is 2.38. The summed E-state index contributed by atoms with van der Waals surface area (Å²) >= 11 is 3.04. The smallest absolute Gasteiger partial charge is 0.235 e. The van der Waals surface area contributed by atoms with E-state index in [0.29, 0.717) is 0 Å². The summed E-state index contributed by atoms with van der Waals surface area (Å²) in [5.74, 6) is -1.37. The number of phenolic OH excluding ortho intramolecular Hbond substituents is 1. The van der Waals surface area contributed by atoms with E-state index in [9.17, 15) is 19.5 Å². The molecule has 1 aliphatic carbocycles. The number of alkyl halides is 1. The maximum Gasteiger partial charge on any atom is 0.235 e.